The van der Waals surface area contributed by atoms with Crippen LogP contribution in [-0.4, -0.2) is 150 Å². The summed E-state index contributed by atoms with van der Waals surface area (Å²) < 4.78 is 39.4. The number of ether oxygens (including phenoxy) is 7. The fourth-order valence-corrected chi connectivity index (χ4v) is 16.1. The number of nitrogens with zero attached hydrogens (tertiary/aromatic N) is 8. The van der Waals surface area contributed by atoms with Crippen LogP contribution >= 0.6 is 69.6 Å². The number of halogens is 3. The van der Waals surface area contributed by atoms with Crippen molar-refractivity contribution < 1.29 is 144 Å². The van der Waals surface area contributed by atoms with E-state index in [1.54, 1.807) is 0 Å². The Morgan fingerprint density at radius 1 is 0.513 bits per heavy atom. The normalized spacial score (nSPS) is 15.2. The molecule has 5 aliphatic rings. The van der Waals surface area contributed by atoms with Crippen molar-refractivity contribution in [2.24, 2.45) is 39.5 Å². The molecule has 0 bridgehead atoms. The summed E-state index contributed by atoms with van der Waals surface area (Å²) in [5, 5.41) is 0. The average molecular weight is 1990 g/mol. The van der Waals surface area contributed by atoms with E-state index in [0.717, 1.165) is 140 Å². The Kier molecular flexibility index (Phi) is 58.6. The van der Waals surface area contributed by atoms with Gasteiger partial charge in [-0.3, -0.25) is 19.2 Å². The minimum absolute atomic E-state index is 0. The first kappa shape index (κ1) is 112. The van der Waals surface area contributed by atoms with E-state index in [0.29, 0.717) is 71.9 Å². The molecular weight excluding hydrogens is 1860 g/mol. The van der Waals surface area contributed by atoms with Crippen LogP contribution in [0.3, 0.4) is 0 Å². The Labute approximate surface area is 766 Å². The maximum absolute atomic E-state index is 11.6. The summed E-state index contributed by atoms with van der Waals surface area (Å²) in [5.41, 5.74) is 8.95. The molecule has 8 rings (SSSR count). The number of unbranched alkanes of at least 4 members (excludes halogenated alkanes) is 8. The minimum atomic E-state index is -0.472. The Morgan fingerprint density at radius 3 is 1.32 bits per heavy atom. The van der Waals surface area contributed by atoms with Crippen molar-refractivity contribution in [2.45, 2.75) is 265 Å². The molecule has 0 atom stereocenters. The molecule has 8 heterocycles. The number of hydrogen-bond acceptors (Lipinski definition) is 22. The molecule has 0 radical (unpaired) electrons. The van der Waals surface area contributed by atoms with Crippen molar-refractivity contribution in [3.05, 3.63) is 100 Å². The number of esters is 4. The first-order chi connectivity index (χ1) is 51.5. The topological polar surface area (TPSA) is 236 Å². The molecule has 0 saturated carbocycles. The van der Waals surface area contributed by atoms with Crippen LogP contribution < -0.4 is 86.6 Å². The number of likely N-dealkylation sites (N-methyl/N-ethyl adjacent to an activating group) is 1. The Hall–Kier alpha value is -2.80. The zero-order valence-electron chi connectivity index (χ0n) is 71.3. The first-order valence-electron chi connectivity index (χ1n) is 38.8. The van der Waals surface area contributed by atoms with Gasteiger partial charge >= 0.3 is 65.1 Å². The molecule has 0 aromatic carbocycles. The summed E-state index contributed by atoms with van der Waals surface area (Å²) in [6, 6.07) is 6.82. The quantitative estimate of drug-likeness (QED) is 0.00592. The number of rotatable bonds is 40. The van der Waals surface area contributed by atoms with Gasteiger partial charge in [0.05, 0.1) is 68.2 Å². The molecule has 28 heteroatoms. The van der Waals surface area contributed by atoms with Gasteiger partial charge in [0.2, 0.25) is 0 Å². The monoisotopic (exact) mass is 1990 g/mol. The summed E-state index contributed by atoms with van der Waals surface area (Å²) in [7, 11) is 6.22. The van der Waals surface area contributed by atoms with Crippen molar-refractivity contribution in [1.29, 1.82) is 0 Å². The molecule has 5 aliphatic heterocycles. The van der Waals surface area contributed by atoms with Crippen LogP contribution in [0.1, 0.15) is 245 Å². The number of aryl methyl sites for hydroxylation is 2. The van der Waals surface area contributed by atoms with Crippen molar-refractivity contribution in [3.8, 4) is 0 Å². The smallest absolute Gasteiger partial charge is 1.00 e. The molecule has 0 fully saturated rings. The second kappa shape index (κ2) is 59.0. The molecule has 0 amide bonds. The van der Waals surface area contributed by atoms with Crippen molar-refractivity contribution >= 4 is 134 Å². The number of pyridine rings is 3. The number of alkyl halides is 1. The number of allylic oxidation sites excluding steroid dienone is 5. The number of amidine groups is 1. The molecule has 3 aromatic heterocycles. The van der Waals surface area contributed by atoms with Gasteiger partial charge < -0.3 is 91.5 Å². The van der Waals surface area contributed by atoms with Crippen LogP contribution in [-0.2, 0) is 82.7 Å². The Balaban J connectivity index is 0. The summed E-state index contributed by atoms with van der Waals surface area (Å²) in [6.07, 6.45) is 31.3. The third-order valence-corrected chi connectivity index (χ3v) is 23.2. The van der Waals surface area contributed by atoms with Gasteiger partial charge in [0.25, 0.3) is 6.48 Å². The summed E-state index contributed by atoms with van der Waals surface area (Å²) in [6.45, 7) is 38.4. The van der Waals surface area contributed by atoms with Gasteiger partial charge in [0, 0.05) is 112 Å². The molecule has 1 N–H and O–H groups in total. The number of aliphatic imine (C=N–C) groups is 4. The van der Waals surface area contributed by atoms with Crippen LogP contribution in [0.25, 0.3) is 0 Å². The zero-order valence-corrected chi connectivity index (χ0v) is 83.0. The molecule has 0 aliphatic carbocycles. The van der Waals surface area contributed by atoms with E-state index in [1.165, 1.54) is 47.6 Å². The maximum Gasteiger partial charge on any atom is 1.00 e. The molecule has 0 unspecified atom stereocenters. The fraction of sp³-hybridized carbons (Fsp3) is 0.635. The van der Waals surface area contributed by atoms with Crippen LogP contribution in [0.4, 0.5) is 17.5 Å². The zero-order chi connectivity index (χ0) is 80.0. The van der Waals surface area contributed by atoms with Crippen molar-refractivity contribution in [1.82, 2.24) is 9.88 Å². The standard InChI is InChI=1S/C39H55N4O4S2.C19H29N2O2S.C18H26N2O2S.C7H16O3.CH3I.CH4.2HI.Na.H2O/c1-9-46-34(44)20-13-11-15-22-48-28-24-30-36(42(7)26-28)40-32(38(30,3)4)18-17-19-33-39(5,6)31-25-29(27-43(8)37(31)41-33)49-23-16-12-14-21-35(45)47-10-2;1-6-23-17(22)10-8-7-9-11-24-15-12-16-18(21(5)13-15)20-14(2)19(16,3)4;1-5-22-16(21)9-7-6-8-10-23-14-11-15-17(19-12-14)20-13(2)18(15,3)4;1-4-8-7(9-5-2)10-6-3;1-2;;;;;/h17-19,24-27H,9-16,20-23H2,1-8H3;12-13H,6-11H2,1-5H3;11-12H,5-10H2,1-4H3;7H,4-6H2,1-3H3;1H3;1H4;2*1H;;1H2/q2*+1;;;;;;;+1;/p-3. The summed E-state index contributed by atoms with van der Waals surface area (Å²) in [4.78, 5) is 78.7. The van der Waals surface area contributed by atoms with Gasteiger partial charge in [-0.25, -0.2) is 24.1 Å². The van der Waals surface area contributed by atoms with E-state index >= 15 is 0 Å². The number of carbonyl (C=O) groups excluding carboxylic acids is 4. The molecule has 632 valence electrons. The molecule has 20 nitrogen and oxygen atoms in total. The fourth-order valence-electron chi connectivity index (χ4n) is 12.1. The average Bonchev–Trinajstić information content (AvgIpc) is 1.64. The Morgan fingerprint density at radius 2 is 0.894 bits per heavy atom. The van der Waals surface area contributed by atoms with Gasteiger partial charge in [0.15, 0.2) is 11.5 Å². The predicted molar refractivity (Wildman–Crippen MR) is 466 cm³/mol. The SMILES string of the molecule is C.CCOC(=O)CCCCCSC1=CN(C)C2=N/C(=C\C=C\C3=Nc4c(cc(SCCCCCC(=O)OCC)c[n+]4C)C3(C)C)C(C)(C)C2=C1.CCOC(=O)CCCCCSc1cc2c([n+](C)c1)N=C(C)C2(C)C.CCOC(=O)CCCCCSc1cnc2c(c1)C(C)(C)C(C)=N2.CCOC(OCC)OCC.CI.[I-].[I-].[Na+].[OH-]. The second-order valence-corrected chi connectivity index (χ2v) is 33.2. The largest absolute Gasteiger partial charge is 1.00 e. The van der Waals surface area contributed by atoms with E-state index < -0.39 is 6.48 Å². The second-order valence-electron chi connectivity index (χ2n) is 28.5. The molecular formula is C85H134I3N8NaO12S4. The van der Waals surface area contributed by atoms with E-state index in [1.807, 2.05) is 107 Å². The molecule has 113 heavy (non-hydrogen) atoms. The van der Waals surface area contributed by atoms with Gasteiger partial charge in [0.1, 0.15) is 23.9 Å². The van der Waals surface area contributed by atoms with Crippen LogP contribution in [0.2, 0.25) is 0 Å². The third-order valence-electron chi connectivity index (χ3n) is 19.0. The van der Waals surface area contributed by atoms with Crippen LogP contribution in [0.5, 0.6) is 0 Å². The van der Waals surface area contributed by atoms with Gasteiger partial charge in [-0.05, 0) is 216 Å². The maximum atomic E-state index is 11.6. The minimum Gasteiger partial charge on any atom is -1.00 e. The van der Waals surface area contributed by atoms with Gasteiger partial charge in [-0.2, -0.15) is 0 Å². The van der Waals surface area contributed by atoms with E-state index in [-0.39, 0.29) is 136 Å². The van der Waals surface area contributed by atoms with Crippen molar-refractivity contribution in [2.75, 3.05) is 81.2 Å². The summed E-state index contributed by atoms with van der Waals surface area (Å²) in [5.74, 6) is 7.75. The van der Waals surface area contributed by atoms with Gasteiger partial charge in [-0.15, -0.1) is 47.0 Å². The Bertz CT molecular complexity index is 3670. The number of thioether (sulfide) groups is 4. The molecule has 0 spiro atoms. The third kappa shape index (κ3) is 36.6. The first-order valence-corrected chi connectivity index (χ1v) is 44.9. The van der Waals surface area contributed by atoms with E-state index in [4.69, 9.17) is 48.1 Å². The van der Waals surface area contributed by atoms with E-state index in [2.05, 4.69) is 198 Å². The van der Waals surface area contributed by atoms with Crippen molar-refractivity contribution in [3.63, 3.8) is 0 Å². The number of aromatic nitrogens is 3. The summed E-state index contributed by atoms with van der Waals surface area (Å²) >= 11 is 9.59. The molecule has 3 aromatic rings. The predicted octanol–water partition coefficient (Wildman–Crippen LogP) is 11.2. The van der Waals surface area contributed by atoms with Crippen LogP contribution in [0, 0.1) is 5.41 Å². The van der Waals surface area contributed by atoms with Crippen LogP contribution in [0.15, 0.2) is 118 Å². The van der Waals surface area contributed by atoms with E-state index in [9.17, 15) is 19.2 Å². The van der Waals surface area contributed by atoms with Gasteiger partial charge in [-0.1, -0.05) is 89.5 Å². The number of hydrogen-bond donors (Lipinski definition) is 0. The number of fused-ring (bicyclic) bond motifs is 4. The molecule has 0 saturated heterocycles. The number of carbonyl (C=O) groups is 4.